The molecule has 5 rings (SSSR count). The summed E-state index contributed by atoms with van der Waals surface area (Å²) in [6, 6.07) is 13.7. The number of aryl methyl sites for hydroxylation is 1. The maximum atomic E-state index is 14.0. The number of carboxylic acid groups (broad SMARTS) is 1. The van der Waals surface area contributed by atoms with Crippen molar-refractivity contribution in [1.29, 1.82) is 0 Å². The minimum absolute atomic E-state index is 0.0443. The van der Waals surface area contributed by atoms with E-state index in [4.69, 9.17) is 9.63 Å². The van der Waals surface area contributed by atoms with Crippen molar-refractivity contribution in [3.63, 3.8) is 0 Å². The van der Waals surface area contributed by atoms with Gasteiger partial charge in [-0.2, -0.15) is 23.3 Å². The van der Waals surface area contributed by atoms with Crippen LogP contribution in [0.4, 0.5) is 13.2 Å². The molecule has 204 valence electrons. The standard InChI is InChI=1S/C28H28F3N5O3/c1-2-36-17-22(18-6-4-3-5-7-18)24(33-36)26-32-25(34-39-26)21-9-8-19(23(16-21)28(29,30)31)10-13-35-14-11-20(12-15-35)27(37)38/h3-9,16-17,20H,2,10-15H2,1H3,(H,37,38). The molecular formula is C28H28F3N5O3. The molecule has 0 amide bonds. The Labute approximate surface area is 223 Å². The van der Waals surface area contributed by atoms with Gasteiger partial charge < -0.3 is 14.5 Å². The van der Waals surface area contributed by atoms with Crippen LogP contribution in [0.3, 0.4) is 0 Å². The van der Waals surface area contributed by atoms with Crippen molar-refractivity contribution >= 4 is 5.97 Å². The van der Waals surface area contributed by atoms with E-state index in [1.54, 1.807) is 10.7 Å². The van der Waals surface area contributed by atoms with Gasteiger partial charge in [-0.1, -0.05) is 47.6 Å². The molecule has 0 saturated carbocycles. The molecule has 0 atom stereocenters. The number of hydrogen-bond acceptors (Lipinski definition) is 6. The van der Waals surface area contributed by atoms with E-state index in [1.807, 2.05) is 48.4 Å². The molecule has 1 N–H and O–H groups in total. The second kappa shape index (κ2) is 11.0. The fourth-order valence-electron chi connectivity index (χ4n) is 4.89. The molecule has 0 aliphatic carbocycles. The van der Waals surface area contributed by atoms with Crippen molar-refractivity contribution < 1.29 is 27.6 Å². The summed E-state index contributed by atoms with van der Waals surface area (Å²) in [6.07, 6.45) is -1.49. The Kier molecular flexibility index (Phi) is 7.51. The molecule has 39 heavy (non-hydrogen) atoms. The SMILES string of the molecule is CCn1cc(-c2ccccc2)c(-c2nc(-c3ccc(CCN4CCC(C(=O)O)CC4)c(C(F)(F)F)c3)no2)n1. The zero-order valence-electron chi connectivity index (χ0n) is 21.4. The van der Waals surface area contributed by atoms with Crippen LogP contribution < -0.4 is 0 Å². The number of carboxylic acids is 1. The number of nitrogens with zero attached hydrogens (tertiary/aromatic N) is 5. The van der Waals surface area contributed by atoms with Gasteiger partial charge >= 0.3 is 12.1 Å². The Morgan fingerprint density at radius 3 is 2.51 bits per heavy atom. The lowest BCUT2D eigenvalue weighted by Crippen LogP contribution is -2.37. The maximum Gasteiger partial charge on any atom is 0.416 e. The normalized spacial score (nSPS) is 15.1. The summed E-state index contributed by atoms with van der Waals surface area (Å²) >= 11 is 0. The number of aromatic nitrogens is 4. The van der Waals surface area contributed by atoms with Crippen LogP contribution in [0, 0.1) is 5.92 Å². The van der Waals surface area contributed by atoms with Crippen molar-refractivity contribution in [3.05, 3.63) is 65.9 Å². The lowest BCUT2D eigenvalue weighted by atomic mass is 9.96. The Hall–Kier alpha value is -3.99. The van der Waals surface area contributed by atoms with Crippen LogP contribution in [0.1, 0.15) is 30.9 Å². The lowest BCUT2D eigenvalue weighted by molar-refractivity contribution is -0.143. The predicted octanol–water partition coefficient (Wildman–Crippen LogP) is 5.64. The summed E-state index contributed by atoms with van der Waals surface area (Å²) in [5, 5.41) is 17.7. The summed E-state index contributed by atoms with van der Waals surface area (Å²) in [6.45, 7) is 4.10. The minimum Gasteiger partial charge on any atom is -0.481 e. The Morgan fingerprint density at radius 2 is 1.85 bits per heavy atom. The molecule has 1 aliphatic heterocycles. The first kappa shape index (κ1) is 26.6. The van der Waals surface area contributed by atoms with E-state index in [1.165, 1.54) is 6.07 Å². The monoisotopic (exact) mass is 539 g/mol. The number of hydrogen-bond donors (Lipinski definition) is 1. The lowest BCUT2D eigenvalue weighted by Gasteiger charge is -2.30. The average molecular weight is 540 g/mol. The van der Waals surface area contributed by atoms with Crippen LogP contribution in [0.2, 0.25) is 0 Å². The minimum atomic E-state index is -4.56. The van der Waals surface area contributed by atoms with Crippen LogP contribution in [-0.2, 0) is 23.9 Å². The third-order valence-corrected chi connectivity index (χ3v) is 7.11. The zero-order valence-corrected chi connectivity index (χ0v) is 21.4. The van der Waals surface area contributed by atoms with Gasteiger partial charge in [-0.05, 0) is 56.5 Å². The molecule has 0 radical (unpaired) electrons. The molecule has 0 bridgehead atoms. The van der Waals surface area contributed by atoms with E-state index in [0.717, 1.165) is 17.2 Å². The van der Waals surface area contributed by atoms with E-state index in [-0.39, 0.29) is 35.2 Å². The Bertz CT molecular complexity index is 1440. The van der Waals surface area contributed by atoms with Crippen LogP contribution >= 0.6 is 0 Å². The Balaban J connectivity index is 1.38. The van der Waals surface area contributed by atoms with Crippen molar-refractivity contribution in [2.45, 2.75) is 38.9 Å². The number of carbonyl (C=O) groups is 1. The number of halogens is 3. The van der Waals surface area contributed by atoms with Crippen molar-refractivity contribution in [2.75, 3.05) is 19.6 Å². The van der Waals surface area contributed by atoms with Gasteiger partial charge in [-0.3, -0.25) is 9.48 Å². The quantitative estimate of drug-likeness (QED) is 0.309. The van der Waals surface area contributed by atoms with Gasteiger partial charge in [0.25, 0.3) is 5.89 Å². The van der Waals surface area contributed by atoms with Gasteiger partial charge in [0.05, 0.1) is 11.5 Å². The van der Waals surface area contributed by atoms with Crippen molar-refractivity contribution in [3.8, 4) is 34.1 Å². The molecule has 4 aromatic rings. The highest BCUT2D eigenvalue weighted by molar-refractivity contribution is 5.77. The largest absolute Gasteiger partial charge is 0.481 e. The molecule has 2 aromatic carbocycles. The fraction of sp³-hybridized carbons (Fsp3) is 0.357. The first-order valence-corrected chi connectivity index (χ1v) is 12.9. The molecule has 1 aliphatic rings. The van der Waals surface area contributed by atoms with Crippen LogP contribution in [0.5, 0.6) is 0 Å². The first-order valence-electron chi connectivity index (χ1n) is 12.9. The predicted molar refractivity (Wildman–Crippen MR) is 138 cm³/mol. The second-order valence-corrected chi connectivity index (χ2v) is 9.61. The smallest absolute Gasteiger partial charge is 0.416 e. The van der Waals surface area contributed by atoms with Gasteiger partial charge in [0.1, 0.15) is 0 Å². The van der Waals surface area contributed by atoms with Crippen LogP contribution in [0.15, 0.2) is 59.3 Å². The van der Waals surface area contributed by atoms with Gasteiger partial charge in [0.2, 0.25) is 5.82 Å². The molecular weight excluding hydrogens is 511 g/mol. The number of rotatable bonds is 8. The fourth-order valence-corrected chi connectivity index (χ4v) is 4.89. The second-order valence-electron chi connectivity index (χ2n) is 9.61. The summed E-state index contributed by atoms with van der Waals surface area (Å²) < 4.78 is 49.3. The van der Waals surface area contributed by atoms with Gasteiger partial charge in [-0.15, -0.1) is 0 Å². The zero-order chi connectivity index (χ0) is 27.6. The molecule has 0 unspecified atom stereocenters. The Morgan fingerprint density at radius 1 is 1.10 bits per heavy atom. The number of aliphatic carboxylic acids is 1. The van der Waals surface area contributed by atoms with Gasteiger partial charge in [0, 0.05) is 30.4 Å². The van der Waals surface area contributed by atoms with E-state index in [0.29, 0.717) is 44.7 Å². The summed E-state index contributed by atoms with van der Waals surface area (Å²) in [7, 11) is 0. The number of alkyl halides is 3. The molecule has 11 heteroatoms. The summed E-state index contributed by atoms with van der Waals surface area (Å²) in [5.41, 5.74) is 1.77. The third-order valence-electron chi connectivity index (χ3n) is 7.11. The van der Waals surface area contributed by atoms with Crippen LogP contribution in [0.25, 0.3) is 34.1 Å². The number of benzene rings is 2. The molecule has 1 saturated heterocycles. The summed E-state index contributed by atoms with van der Waals surface area (Å²) in [4.78, 5) is 17.6. The van der Waals surface area contributed by atoms with E-state index in [2.05, 4.69) is 15.2 Å². The van der Waals surface area contributed by atoms with E-state index < -0.39 is 17.7 Å². The van der Waals surface area contributed by atoms with E-state index in [9.17, 15) is 18.0 Å². The molecule has 2 aromatic heterocycles. The third kappa shape index (κ3) is 5.88. The highest BCUT2D eigenvalue weighted by atomic mass is 19.4. The number of likely N-dealkylation sites (tertiary alicyclic amines) is 1. The van der Waals surface area contributed by atoms with Crippen LogP contribution in [-0.4, -0.2) is 55.5 Å². The highest BCUT2D eigenvalue weighted by Gasteiger charge is 2.34. The van der Waals surface area contributed by atoms with Gasteiger partial charge in [-0.25, -0.2) is 0 Å². The van der Waals surface area contributed by atoms with Crippen molar-refractivity contribution in [1.82, 2.24) is 24.8 Å². The molecule has 3 heterocycles. The maximum absolute atomic E-state index is 14.0. The average Bonchev–Trinajstić information content (AvgIpc) is 3.60. The van der Waals surface area contributed by atoms with Crippen molar-refractivity contribution in [2.24, 2.45) is 5.92 Å². The van der Waals surface area contributed by atoms with E-state index >= 15 is 0 Å². The number of piperidine rings is 1. The molecule has 1 fully saturated rings. The first-order chi connectivity index (χ1) is 18.7. The summed E-state index contributed by atoms with van der Waals surface area (Å²) in [5.74, 6) is -1.03. The topological polar surface area (TPSA) is 97.3 Å². The molecule has 0 spiro atoms. The van der Waals surface area contributed by atoms with Gasteiger partial charge in [0.15, 0.2) is 5.69 Å². The highest BCUT2D eigenvalue weighted by Crippen LogP contribution is 2.36. The molecule has 8 nitrogen and oxygen atoms in total.